The van der Waals surface area contributed by atoms with Gasteiger partial charge in [-0.3, -0.25) is 0 Å². The Labute approximate surface area is 117 Å². The van der Waals surface area contributed by atoms with Crippen LogP contribution in [0, 0.1) is 6.92 Å². The largest absolute Gasteiger partial charge is 0.493 e. The van der Waals surface area contributed by atoms with Gasteiger partial charge in [-0.15, -0.1) is 0 Å². The molecule has 0 aliphatic rings. The molecule has 1 unspecified atom stereocenters. The Morgan fingerprint density at radius 2 is 1.68 bits per heavy atom. The highest BCUT2D eigenvalue weighted by Gasteiger charge is 2.18. The van der Waals surface area contributed by atoms with Gasteiger partial charge >= 0.3 is 0 Å². The average molecular weight is 283 g/mol. The van der Waals surface area contributed by atoms with Crippen LogP contribution in [0.15, 0.2) is 16.5 Å². The third-order valence-electron chi connectivity index (χ3n) is 2.58. The molecule has 1 atom stereocenters. The van der Waals surface area contributed by atoms with Gasteiger partial charge < -0.3 is 9.47 Å². The van der Waals surface area contributed by atoms with Gasteiger partial charge in [0.05, 0.1) is 19.0 Å². The summed E-state index contributed by atoms with van der Waals surface area (Å²) < 4.78 is 26.1. The van der Waals surface area contributed by atoms with Crippen molar-refractivity contribution in [3.63, 3.8) is 0 Å². The highest BCUT2D eigenvalue weighted by molar-refractivity contribution is 7.85. The maximum Gasteiger partial charge on any atom is 0.161 e. The number of hydrogen-bond acceptors (Lipinski definition) is 3. The predicted octanol–water partition coefficient (Wildman–Crippen LogP) is 2.89. The van der Waals surface area contributed by atoms with Gasteiger partial charge in [-0.2, -0.15) is 4.40 Å². The van der Waals surface area contributed by atoms with Crippen molar-refractivity contribution in [2.45, 2.75) is 32.4 Å². The van der Waals surface area contributed by atoms with Crippen molar-refractivity contribution in [2.24, 2.45) is 4.40 Å². The summed E-state index contributed by atoms with van der Waals surface area (Å²) in [4.78, 5) is 0. The van der Waals surface area contributed by atoms with Crippen LogP contribution in [0.25, 0.3) is 0 Å². The van der Waals surface area contributed by atoms with Gasteiger partial charge in [0.1, 0.15) is 11.0 Å². The third-order valence-corrected chi connectivity index (χ3v) is 3.93. The van der Waals surface area contributed by atoms with Crippen LogP contribution in [0.4, 0.5) is 0 Å². The maximum atomic E-state index is 11.9. The first kappa shape index (κ1) is 15.7. The van der Waals surface area contributed by atoms with E-state index in [0.717, 1.165) is 11.1 Å². The van der Waals surface area contributed by atoms with Crippen molar-refractivity contribution < 1.29 is 13.7 Å². The molecule has 0 saturated heterocycles. The summed E-state index contributed by atoms with van der Waals surface area (Å²) in [6.07, 6.45) is 1.62. The van der Waals surface area contributed by atoms with E-state index in [0.29, 0.717) is 11.5 Å². The Morgan fingerprint density at radius 3 is 2.16 bits per heavy atom. The Hall–Kier alpha value is -1.36. The topological polar surface area (TPSA) is 47.9 Å². The molecule has 0 heterocycles. The molecule has 1 rings (SSSR count). The fourth-order valence-electron chi connectivity index (χ4n) is 1.40. The van der Waals surface area contributed by atoms with Gasteiger partial charge in [-0.05, 0) is 45.4 Å². The van der Waals surface area contributed by atoms with Gasteiger partial charge in [0.2, 0.25) is 0 Å². The van der Waals surface area contributed by atoms with E-state index >= 15 is 0 Å². The molecule has 0 N–H and O–H groups in total. The quantitative estimate of drug-likeness (QED) is 0.798. The highest BCUT2D eigenvalue weighted by atomic mass is 32.2. The summed E-state index contributed by atoms with van der Waals surface area (Å²) in [5, 5.41) is 0. The van der Waals surface area contributed by atoms with Gasteiger partial charge in [-0.25, -0.2) is 4.21 Å². The standard InChI is InChI=1S/C14H21NO3S/c1-10-7-12(17-5)13(18-6)8-11(10)9-15-19(16)14(2,3)4/h7-9H,1-6H3/b15-9+. The molecular formula is C14H21NO3S. The van der Waals surface area contributed by atoms with E-state index in [1.165, 1.54) is 0 Å². The summed E-state index contributed by atoms with van der Waals surface area (Å²) in [7, 11) is 1.92. The number of ether oxygens (including phenoxy) is 2. The molecule has 0 saturated carbocycles. The van der Waals surface area contributed by atoms with Crippen molar-refractivity contribution in [1.29, 1.82) is 0 Å². The average Bonchev–Trinajstić information content (AvgIpc) is 2.35. The zero-order valence-corrected chi connectivity index (χ0v) is 13.1. The molecule has 0 spiro atoms. The van der Waals surface area contributed by atoms with Gasteiger partial charge in [0.25, 0.3) is 0 Å². The maximum absolute atomic E-state index is 11.9. The van der Waals surface area contributed by atoms with Crippen LogP contribution in [0.3, 0.4) is 0 Å². The van der Waals surface area contributed by atoms with Gasteiger partial charge in [0, 0.05) is 11.8 Å². The molecule has 19 heavy (non-hydrogen) atoms. The molecule has 0 aromatic heterocycles. The van der Waals surface area contributed by atoms with Gasteiger partial charge in [-0.1, -0.05) is 0 Å². The van der Waals surface area contributed by atoms with Crippen molar-refractivity contribution in [2.75, 3.05) is 14.2 Å². The lowest BCUT2D eigenvalue weighted by Gasteiger charge is -2.13. The Balaban J connectivity index is 3.09. The van der Waals surface area contributed by atoms with Crippen LogP contribution in [-0.4, -0.2) is 29.4 Å². The van der Waals surface area contributed by atoms with Gasteiger partial charge in [0.15, 0.2) is 11.5 Å². The molecule has 1 aromatic rings. The van der Waals surface area contributed by atoms with Crippen LogP contribution in [0.5, 0.6) is 11.5 Å². The summed E-state index contributed by atoms with van der Waals surface area (Å²) in [6.45, 7) is 7.62. The molecule has 4 nitrogen and oxygen atoms in total. The number of hydrogen-bond donors (Lipinski definition) is 0. The second-order valence-electron chi connectivity index (χ2n) is 5.16. The van der Waals surface area contributed by atoms with Crippen LogP contribution in [0.2, 0.25) is 0 Å². The lowest BCUT2D eigenvalue weighted by Crippen LogP contribution is -2.19. The highest BCUT2D eigenvalue weighted by Crippen LogP contribution is 2.29. The molecule has 0 amide bonds. The lowest BCUT2D eigenvalue weighted by molar-refractivity contribution is 0.354. The van der Waals surface area contributed by atoms with E-state index in [9.17, 15) is 4.21 Å². The fourth-order valence-corrected chi connectivity index (χ4v) is 1.92. The van der Waals surface area contributed by atoms with Crippen molar-refractivity contribution in [3.05, 3.63) is 23.3 Å². The van der Waals surface area contributed by atoms with E-state index in [2.05, 4.69) is 4.40 Å². The Morgan fingerprint density at radius 1 is 1.16 bits per heavy atom. The lowest BCUT2D eigenvalue weighted by atomic mass is 10.1. The molecule has 5 heteroatoms. The van der Waals surface area contributed by atoms with E-state index in [4.69, 9.17) is 9.47 Å². The number of benzene rings is 1. The van der Waals surface area contributed by atoms with E-state index < -0.39 is 11.0 Å². The monoisotopic (exact) mass is 283 g/mol. The number of methoxy groups -OCH3 is 2. The molecule has 106 valence electrons. The van der Waals surface area contributed by atoms with Crippen molar-refractivity contribution >= 4 is 17.2 Å². The molecule has 0 aliphatic carbocycles. The zero-order valence-electron chi connectivity index (χ0n) is 12.3. The Bertz CT molecular complexity index is 504. The first-order valence-corrected chi connectivity index (χ1v) is 7.09. The van der Waals surface area contributed by atoms with Crippen LogP contribution >= 0.6 is 0 Å². The summed E-state index contributed by atoms with van der Waals surface area (Å²) >= 11 is 0. The van der Waals surface area contributed by atoms with Crippen molar-refractivity contribution in [3.8, 4) is 11.5 Å². The Kier molecular flexibility index (Phi) is 5.11. The zero-order chi connectivity index (χ0) is 14.6. The third kappa shape index (κ3) is 4.06. The fraction of sp³-hybridized carbons (Fsp3) is 0.500. The molecular weight excluding hydrogens is 262 g/mol. The number of aryl methyl sites for hydroxylation is 1. The SMILES string of the molecule is COc1cc(C)c(/C=N/S(=O)C(C)(C)C)cc1OC. The molecule has 0 fully saturated rings. The summed E-state index contributed by atoms with van der Waals surface area (Å²) in [6, 6.07) is 3.71. The number of rotatable bonds is 4. The smallest absolute Gasteiger partial charge is 0.161 e. The van der Waals surface area contributed by atoms with Crippen molar-refractivity contribution in [1.82, 2.24) is 0 Å². The molecule has 1 aromatic carbocycles. The summed E-state index contributed by atoms with van der Waals surface area (Å²) in [5.74, 6) is 1.31. The second kappa shape index (κ2) is 6.19. The van der Waals surface area contributed by atoms with Crippen LogP contribution < -0.4 is 9.47 Å². The molecule has 0 aliphatic heterocycles. The first-order chi connectivity index (χ1) is 8.79. The minimum absolute atomic E-state index is 0.360. The van der Waals surface area contributed by atoms with E-state index in [-0.39, 0.29) is 4.75 Å². The molecule has 0 radical (unpaired) electrons. The minimum atomic E-state index is -1.26. The number of nitrogens with zero attached hydrogens (tertiary/aromatic N) is 1. The first-order valence-electron chi connectivity index (χ1n) is 5.98. The van der Waals surface area contributed by atoms with E-state index in [1.54, 1.807) is 20.4 Å². The van der Waals surface area contributed by atoms with Crippen LogP contribution in [-0.2, 0) is 11.0 Å². The van der Waals surface area contributed by atoms with E-state index in [1.807, 2.05) is 39.8 Å². The molecule has 0 bridgehead atoms. The minimum Gasteiger partial charge on any atom is -0.493 e. The second-order valence-corrected chi connectivity index (χ2v) is 7.09. The summed E-state index contributed by atoms with van der Waals surface area (Å²) in [5.41, 5.74) is 1.86. The predicted molar refractivity (Wildman–Crippen MR) is 79.8 cm³/mol. The normalized spacial score (nSPS) is 13.6. The van der Waals surface area contributed by atoms with Crippen LogP contribution in [0.1, 0.15) is 31.9 Å².